The van der Waals surface area contributed by atoms with Gasteiger partial charge in [-0.3, -0.25) is 4.79 Å². The second kappa shape index (κ2) is 10.4. The van der Waals surface area contributed by atoms with Crippen LogP contribution >= 0.6 is 0 Å². The number of allylic oxidation sites excluding steroid dienone is 1. The highest BCUT2D eigenvalue weighted by Crippen LogP contribution is 2.37. The summed E-state index contributed by atoms with van der Waals surface area (Å²) in [5.74, 6) is 2.11. The fourth-order valence-corrected chi connectivity index (χ4v) is 4.28. The molecule has 37 heavy (non-hydrogen) atoms. The van der Waals surface area contributed by atoms with Crippen molar-refractivity contribution in [1.29, 1.82) is 0 Å². The third-order valence-corrected chi connectivity index (χ3v) is 6.14. The van der Waals surface area contributed by atoms with E-state index < -0.39 is 6.04 Å². The monoisotopic (exact) mass is 497 g/mol. The highest BCUT2D eigenvalue weighted by molar-refractivity contribution is 6.06. The van der Waals surface area contributed by atoms with Crippen LogP contribution in [0.25, 0.3) is 0 Å². The lowest BCUT2D eigenvalue weighted by Crippen LogP contribution is -2.31. The van der Waals surface area contributed by atoms with Crippen LogP contribution in [0, 0.1) is 0 Å². The average Bonchev–Trinajstić information content (AvgIpc) is 3.40. The summed E-state index contributed by atoms with van der Waals surface area (Å²) in [5.41, 5.74) is 3.63. The molecule has 4 aromatic rings. The smallest absolute Gasteiger partial charge is 0.255 e. The van der Waals surface area contributed by atoms with E-state index in [0.717, 1.165) is 16.9 Å². The van der Waals surface area contributed by atoms with Gasteiger partial charge in [-0.1, -0.05) is 42.5 Å². The fourth-order valence-electron chi connectivity index (χ4n) is 4.28. The Labute approximate surface area is 214 Å². The second-order valence-corrected chi connectivity index (χ2v) is 8.46. The summed E-state index contributed by atoms with van der Waals surface area (Å²) in [6.45, 7) is 2.32. The molecule has 1 amide bonds. The third kappa shape index (κ3) is 4.97. The molecule has 0 bridgehead atoms. The van der Waals surface area contributed by atoms with Gasteiger partial charge in [0, 0.05) is 11.8 Å². The molecular formula is C28H27N5O4. The largest absolute Gasteiger partial charge is 0.497 e. The molecule has 0 radical (unpaired) electrons. The molecule has 1 aliphatic heterocycles. The Morgan fingerprint density at radius 2 is 1.76 bits per heavy atom. The molecule has 2 N–H and O–H groups in total. The minimum absolute atomic E-state index is 0.299. The van der Waals surface area contributed by atoms with Gasteiger partial charge in [0.15, 0.2) is 0 Å². The van der Waals surface area contributed by atoms with Gasteiger partial charge in [0.2, 0.25) is 5.95 Å². The lowest BCUT2D eigenvalue weighted by Gasteiger charge is -2.29. The van der Waals surface area contributed by atoms with Gasteiger partial charge >= 0.3 is 0 Å². The van der Waals surface area contributed by atoms with Crippen molar-refractivity contribution < 1.29 is 19.0 Å². The normalized spacial score (nSPS) is 14.4. The van der Waals surface area contributed by atoms with Gasteiger partial charge in [-0.05, 0) is 42.3 Å². The summed E-state index contributed by atoms with van der Waals surface area (Å²) < 4.78 is 18.4. The van der Waals surface area contributed by atoms with Crippen LogP contribution in [0.3, 0.4) is 0 Å². The van der Waals surface area contributed by atoms with Crippen molar-refractivity contribution in [2.75, 3.05) is 24.9 Å². The van der Waals surface area contributed by atoms with Crippen molar-refractivity contribution in [3.05, 3.63) is 102 Å². The molecule has 0 spiro atoms. The molecule has 2 heterocycles. The molecule has 1 aliphatic rings. The number of aromatic nitrogens is 3. The zero-order valence-corrected chi connectivity index (χ0v) is 20.8. The van der Waals surface area contributed by atoms with Crippen LogP contribution in [0.2, 0.25) is 0 Å². The van der Waals surface area contributed by atoms with Crippen molar-refractivity contribution in [2.24, 2.45) is 0 Å². The Bertz CT molecular complexity index is 1430. The highest BCUT2D eigenvalue weighted by Gasteiger charge is 2.33. The Hall–Kier alpha value is -4.79. The van der Waals surface area contributed by atoms with E-state index in [4.69, 9.17) is 14.2 Å². The molecule has 0 saturated carbocycles. The predicted octanol–water partition coefficient (Wildman–Crippen LogP) is 4.80. The number of amides is 1. The van der Waals surface area contributed by atoms with Crippen molar-refractivity contribution in [2.45, 2.75) is 19.6 Å². The van der Waals surface area contributed by atoms with Gasteiger partial charge in [0.1, 0.15) is 36.2 Å². The van der Waals surface area contributed by atoms with Crippen LogP contribution in [0.15, 0.2) is 90.4 Å². The summed E-state index contributed by atoms with van der Waals surface area (Å²) in [6, 6.07) is 22.4. The summed E-state index contributed by atoms with van der Waals surface area (Å²) in [6.07, 6.45) is 1.46. The molecule has 1 aromatic heterocycles. The molecule has 1 atom stereocenters. The first-order valence-electron chi connectivity index (χ1n) is 11.7. The first-order valence-corrected chi connectivity index (χ1v) is 11.7. The second-order valence-electron chi connectivity index (χ2n) is 8.46. The lowest BCUT2D eigenvalue weighted by molar-refractivity contribution is -0.113. The number of anilines is 2. The van der Waals surface area contributed by atoms with Crippen LogP contribution < -0.4 is 24.8 Å². The van der Waals surface area contributed by atoms with E-state index in [-0.39, 0.29) is 5.91 Å². The van der Waals surface area contributed by atoms with E-state index in [2.05, 4.69) is 20.7 Å². The van der Waals surface area contributed by atoms with Gasteiger partial charge in [-0.2, -0.15) is 10.1 Å². The van der Waals surface area contributed by atoms with E-state index in [1.54, 1.807) is 37.1 Å². The van der Waals surface area contributed by atoms with E-state index in [9.17, 15) is 4.79 Å². The summed E-state index contributed by atoms with van der Waals surface area (Å²) in [7, 11) is 3.12. The maximum absolute atomic E-state index is 13.7. The van der Waals surface area contributed by atoms with Gasteiger partial charge in [0.25, 0.3) is 5.91 Å². The zero-order valence-electron chi connectivity index (χ0n) is 20.8. The number of hydrogen-bond donors (Lipinski definition) is 2. The average molecular weight is 498 g/mol. The number of carbonyl (C=O) groups excluding carboxylic acids is 1. The number of methoxy groups -OCH3 is 2. The maximum Gasteiger partial charge on any atom is 0.255 e. The first kappa shape index (κ1) is 23.9. The number of ether oxygens (including phenoxy) is 3. The molecule has 9 nitrogen and oxygen atoms in total. The lowest BCUT2D eigenvalue weighted by atomic mass is 9.95. The number of benzene rings is 3. The molecule has 0 aliphatic carbocycles. The summed E-state index contributed by atoms with van der Waals surface area (Å²) in [4.78, 5) is 18.0. The number of fused-ring (bicyclic) bond motifs is 1. The quantitative estimate of drug-likeness (QED) is 0.361. The zero-order chi connectivity index (χ0) is 25.8. The number of nitrogens with one attached hydrogen (secondary N) is 2. The van der Waals surface area contributed by atoms with Crippen LogP contribution in [0.1, 0.15) is 24.1 Å². The molecule has 0 fully saturated rings. The minimum Gasteiger partial charge on any atom is -0.497 e. The van der Waals surface area contributed by atoms with Crippen molar-refractivity contribution >= 4 is 17.5 Å². The van der Waals surface area contributed by atoms with Crippen LogP contribution in [-0.4, -0.2) is 34.9 Å². The minimum atomic E-state index is -0.501. The van der Waals surface area contributed by atoms with Gasteiger partial charge < -0.3 is 24.8 Å². The molecule has 0 unspecified atom stereocenters. The van der Waals surface area contributed by atoms with E-state index >= 15 is 0 Å². The Balaban J connectivity index is 1.44. The number of hydrogen-bond acceptors (Lipinski definition) is 7. The topological polar surface area (TPSA) is 99.5 Å². The third-order valence-electron chi connectivity index (χ3n) is 6.14. The molecule has 188 valence electrons. The summed E-state index contributed by atoms with van der Waals surface area (Å²) >= 11 is 0. The van der Waals surface area contributed by atoms with Crippen molar-refractivity contribution in [3.8, 4) is 17.2 Å². The highest BCUT2D eigenvalue weighted by atomic mass is 16.5. The van der Waals surface area contributed by atoms with Crippen LogP contribution in [0.4, 0.5) is 11.6 Å². The number of rotatable bonds is 8. The Morgan fingerprint density at radius 1 is 1.00 bits per heavy atom. The van der Waals surface area contributed by atoms with E-state index in [1.807, 2.05) is 61.5 Å². The van der Waals surface area contributed by atoms with Crippen LogP contribution in [0.5, 0.6) is 17.2 Å². The predicted molar refractivity (Wildman–Crippen MR) is 140 cm³/mol. The Kier molecular flexibility index (Phi) is 6.76. The number of carbonyl (C=O) groups is 1. The van der Waals surface area contributed by atoms with E-state index in [1.165, 1.54) is 6.33 Å². The van der Waals surface area contributed by atoms with E-state index in [0.29, 0.717) is 41.0 Å². The van der Waals surface area contributed by atoms with Gasteiger partial charge in [-0.15, -0.1) is 0 Å². The van der Waals surface area contributed by atoms with Gasteiger partial charge in [-0.25, -0.2) is 4.68 Å². The molecular weight excluding hydrogens is 470 g/mol. The molecule has 5 rings (SSSR count). The number of nitrogens with zero attached hydrogens (tertiary/aromatic N) is 3. The fraction of sp³-hybridized carbons (Fsp3) is 0.179. The molecule has 0 saturated heterocycles. The van der Waals surface area contributed by atoms with Crippen molar-refractivity contribution in [3.63, 3.8) is 0 Å². The van der Waals surface area contributed by atoms with Crippen molar-refractivity contribution in [1.82, 2.24) is 14.8 Å². The molecule has 3 aromatic carbocycles. The SMILES string of the molecule is COc1ccc(OC)c(NC(=O)C2=C(C)Nc3ncnn3[C@@H]2c2ccc(OCc3ccccc3)cc2)c1. The van der Waals surface area contributed by atoms with Gasteiger partial charge in [0.05, 0.1) is 25.5 Å². The molecule has 9 heteroatoms. The summed E-state index contributed by atoms with van der Waals surface area (Å²) in [5, 5.41) is 10.6. The van der Waals surface area contributed by atoms with Crippen LogP contribution in [-0.2, 0) is 11.4 Å². The first-order chi connectivity index (χ1) is 18.1. The Morgan fingerprint density at radius 3 is 2.49 bits per heavy atom. The maximum atomic E-state index is 13.7. The standard InChI is InChI=1S/C28H27N5O4/c1-18-25(27(34)32-23-15-22(35-2)13-14-24(23)36-3)26(33-28(31-18)29-17-30-33)20-9-11-21(12-10-20)37-16-19-7-5-4-6-8-19/h4-15,17,26H,16H2,1-3H3,(H,32,34)(H,29,30,31)/t26-/m1/s1.